The molecule has 1 amide bonds. The van der Waals surface area contributed by atoms with Gasteiger partial charge in [-0.2, -0.15) is 0 Å². The Bertz CT molecular complexity index is 1420. The topological polar surface area (TPSA) is 93.1 Å². The number of ether oxygens (including phenoxy) is 2. The van der Waals surface area contributed by atoms with Crippen molar-refractivity contribution in [3.63, 3.8) is 0 Å². The van der Waals surface area contributed by atoms with Crippen LogP contribution in [0.25, 0.3) is 5.76 Å². The molecule has 196 valence electrons. The number of carbonyl (C=O) groups excluding carboxylic acids is 3. The molecule has 1 aliphatic heterocycles. The molecule has 0 spiro atoms. The van der Waals surface area contributed by atoms with E-state index < -0.39 is 23.7 Å². The van der Waals surface area contributed by atoms with Gasteiger partial charge in [0.1, 0.15) is 17.3 Å². The first-order valence-electron chi connectivity index (χ1n) is 12.6. The Labute approximate surface area is 222 Å². The molecule has 1 atom stereocenters. The van der Waals surface area contributed by atoms with Gasteiger partial charge in [0.05, 0.1) is 17.7 Å². The Kier molecular flexibility index (Phi) is 7.67. The van der Waals surface area contributed by atoms with E-state index in [2.05, 4.69) is 0 Å². The van der Waals surface area contributed by atoms with Crippen molar-refractivity contribution in [2.45, 2.75) is 53.2 Å². The number of anilines is 1. The van der Waals surface area contributed by atoms with Gasteiger partial charge >= 0.3 is 5.97 Å². The predicted octanol–water partition coefficient (Wildman–Crippen LogP) is 5.90. The van der Waals surface area contributed by atoms with Gasteiger partial charge in [0, 0.05) is 18.2 Å². The summed E-state index contributed by atoms with van der Waals surface area (Å²) in [6.07, 6.45) is 0.796. The largest absolute Gasteiger partial charge is 0.507 e. The van der Waals surface area contributed by atoms with Crippen LogP contribution in [0.15, 0.2) is 72.3 Å². The van der Waals surface area contributed by atoms with Crippen LogP contribution in [0.5, 0.6) is 11.5 Å². The normalized spacial score (nSPS) is 16.7. The van der Waals surface area contributed by atoms with Gasteiger partial charge in [0.25, 0.3) is 11.7 Å². The highest BCUT2D eigenvalue weighted by atomic mass is 16.5. The highest BCUT2D eigenvalue weighted by molar-refractivity contribution is 6.51. The summed E-state index contributed by atoms with van der Waals surface area (Å²) in [5.74, 6) is -1.41. The Balaban J connectivity index is 1.89. The average molecular weight is 514 g/mol. The second kappa shape index (κ2) is 10.9. The van der Waals surface area contributed by atoms with E-state index in [4.69, 9.17) is 9.47 Å². The number of aryl methyl sites for hydroxylation is 2. The fourth-order valence-corrected chi connectivity index (χ4v) is 4.56. The summed E-state index contributed by atoms with van der Waals surface area (Å²) in [7, 11) is 0. The molecular weight excluding hydrogens is 482 g/mol. The number of nitrogens with zero attached hydrogens (tertiary/aromatic N) is 1. The van der Waals surface area contributed by atoms with Crippen molar-refractivity contribution in [1.82, 2.24) is 0 Å². The van der Waals surface area contributed by atoms with Crippen LogP contribution in [0.3, 0.4) is 0 Å². The minimum absolute atomic E-state index is 0.0259. The van der Waals surface area contributed by atoms with Crippen molar-refractivity contribution in [2.24, 2.45) is 0 Å². The molecule has 38 heavy (non-hydrogen) atoms. The van der Waals surface area contributed by atoms with Gasteiger partial charge in [0.15, 0.2) is 0 Å². The minimum atomic E-state index is -0.940. The quantitative estimate of drug-likeness (QED) is 0.139. The van der Waals surface area contributed by atoms with Gasteiger partial charge in [-0.15, -0.1) is 0 Å². The number of benzene rings is 3. The summed E-state index contributed by atoms with van der Waals surface area (Å²) in [5.41, 5.74) is 3.23. The number of hydrogen-bond acceptors (Lipinski definition) is 6. The molecule has 1 N–H and O–H groups in total. The second-order valence-electron chi connectivity index (χ2n) is 9.50. The minimum Gasteiger partial charge on any atom is -0.507 e. The number of hydrogen-bond donors (Lipinski definition) is 1. The zero-order valence-electron chi connectivity index (χ0n) is 22.1. The monoisotopic (exact) mass is 513 g/mol. The van der Waals surface area contributed by atoms with Gasteiger partial charge in [0.2, 0.25) is 0 Å². The zero-order chi connectivity index (χ0) is 27.6. The van der Waals surface area contributed by atoms with Crippen LogP contribution in [-0.2, 0) is 20.8 Å². The molecule has 7 nitrogen and oxygen atoms in total. The van der Waals surface area contributed by atoms with E-state index >= 15 is 0 Å². The SMILES string of the molecule is CCc1ccc(N2C(=O)C(=O)/C(=C(/O)c3ccc(OC(C)C)c(C)c3)C2c2cccc(OC(C)=O)c2)cc1. The van der Waals surface area contributed by atoms with Crippen molar-refractivity contribution in [1.29, 1.82) is 0 Å². The lowest BCUT2D eigenvalue weighted by atomic mass is 9.94. The highest BCUT2D eigenvalue weighted by Gasteiger charge is 2.47. The number of esters is 1. The van der Waals surface area contributed by atoms with E-state index in [-0.39, 0.29) is 23.2 Å². The molecular formula is C31H31NO6. The van der Waals surface area contributed by atoms with Gasteiger partial charge in [-0.3, -0.25) is 19.3 Å². The number of carbonyl (C=O) groups is 3. The summed E-state index contributed by atoms with van der Waals surface area (Å²) in [6, 6.07) is 18.2. The van der Waals surface area contributed by atoms with E-state index in [1.165, 1.54) is 11.8 Å². The van der Waals surface area contributed by atoms with Gasteiger partial charge in [-0.1, -0.05) is 31.2 Å². The van der Waals surface area contributed by atoms with Crippen LogP contribution in [0.4, 0.5) is 5.69 Å². The third-order valence-corrected chi connectivity index (χ3v) is 6.31. The maximum Gasteiger partial charge on any atom is 0.308 e. The summed E-state index contributed by atoms with van der Waals surface area (Å²) in [4.78, 5) is 39.8. The van der Waals surface area contributed by atoms with Crippen molar-refractivity contribution in [2.75, 3.05) is 4.90 Å². The Morgan fingerprint density at radius 3 is 2.34 bits per heavy atom. The van der Waals surface area contributed by atoms with Gasteiger partial charge in [-0.05, 0) is 86.3 Å². The van der Waals surface area contributed by atoms with Crippen LogP contribution >= 0.6 is 0 Å². The molecule has 7 heteroatoms. The molecule has 0 saturated carbocycles. The molecule has 0 radical (unpaired) electrons. The number of aliphatic hydroxyl groups is 1. The van der Waals surface area contributed by atoms with Gasteiger partial charge in [-0.25, -0.2) is 0 Å². The van der Waals surface area contributed by atoms with Gasteiger partial charge < -0.3 is 14.6 Å². The average Bonchev–Trinajstić information content (AvgIpc) is 3.14. The molecule has 1 unspecified atom stereocenters. The van der Waals surface area contributed by atoms with Crippen molar-refractivity contribution < 1.29 is 29.0 Å². The van der Waals surface area contributed by atoms with E-state index in [1.807, 2.05) is 39.8 Å². The Morgan fingerprint density at radius 1 is 1.03 bits per heavy atom. The Morgan fingerprint density at radius 2 is 1.74 bits per heavy atom. The second-order valence-corrected chi connectivity index (χ2v) is 9.50. The van der Waals surface area contributed by atoms with Crippen LogP contribution in [-0.4, -0.2) is 28.9 Å². The highest BCUT2D eigenvalue weighted by Crippen LogP contribution is 2.43. The fraction of sp³-hybridized carbons (Fsp3) is 0.258. The predicted molar refractivity (Wildman–Crippen MR) is 145 cm³/mol. The van der Waals surface area contributed by atoms with Crippen molar-refractivity contribution in [3.8, 4) is 11.5 Å². The number of ketones is 1. The zero-order valence-corrected chi connectivity index (χ0v) is 22.1. The number of aliphatic hydroxyl groups excluding tert-OH is 1. The third-order valence-electron chi connectivity index (χ3n) is 6.31. The fourth-order valence-electron chi connectivity index (χ4n) is 4.56. The maximum absolute atomic E-state index is 13.5. The molecule has 0 aromatic heterocycles. The lowest BCUT2D eigenvalue weighted by Gasteiger charge is -2.26. The Hall–Kier alpha value is -4.39. The molecule has 3 aromatic carbocycles. The van der Waals surface area contributed by atoms with E-state index in [9.17, 15) is 19.5 Å². The number of Topliss-reactive ketones (excluding diaryl/α,β-unsaturated/α-hetero) is 1. The van der Waals surface area contributed by atoms with Crippen LogP contribution in [0.1, 0.15) is 56.0 Å². The first-order valence-corrected chi connectivity index (χ1v) is 12.6. The van der Waals surface area contributed by atoms with Crippen LogP contribution in [0, 0.1) is 6.92 Å². The summed E-state index contributed by atoms with van der Waals surface area (Å²) >= 11 is 0. The summed E-state index contributed by atoms with van der Waals surface area (Å²) in [5, 5.41) is 11.5. The maximum atomic E-state index is 13.5. The molecule has 3 aromatic rings. The summed E-state index contributed by atoms with van der Waals surface area (Å²) in [6.45, 7) is 9.02. The van der Waals surface area contributed by atoms with Crippen LogP contribution in [0.2, 0.25) is 0 Å². The van der Waals surface area contributed by atoms with E-state index in [0.717, 1.165) is 17.5 Å². The lowest BCUT2D eigenvalue weighted by Crippen LogP contribution is -2.29. The molecule has 4 rings (SSSR count). The first-order chi connectivity index (χ1) is 18.1. The van der Waals surface area contributed by atoms with Crippen LogP contribution < -0.4 is 14.4 Å². The van der Waals surface area contributed by atoms with E-state index in [0.29, 0.717) is 22.6 Å². The standard InChI is InChI=1S/C31H31NO6/c1-6-21-10-13-24(14-11-21)32-28(22-8-7-9-25(17-22)38-20(5)33)27(30(35)31(32)36)29(34)23-12-15-26(19(4)16-23)37-18(2)3/h7-18,28,34H,6H2,1-5H3/b29-27+. The number of amides is 1. The third kappa shape index (κ3) is 5.32. The smallest absolute Gasteiger partial charge is 0.308 e. The first kappa shape index (κ1) is 26.7. The molecule has 1 aliphatic rings. The molecule has 0 aliphatic carbocycles. The molecule has 1 saturated heterocycles. The molecule has 0 bridgehead atoms. The lowest BCUT2D eigenvalue weighted by molar-refractivity contribution is -0.132. The number of rotatable bonds is 7. The van der Waals surface area contributed by atoms with Crippen molar-refractivity contribution in [3.05, 3.63) is 94.6 Å². The van der Waals surface area contributed by atoms with Crippen molar-refractivity contribution >= 4 is 29.1 Å². The molecule has 1 fully saturated rings. The van der Waals surface area contributed by atoms with E-state index in [1.54, 1.807) is 54.6 Å². The summed E-state index contributed by atoms with van der Waals surface area (Å²) < 4.78 is 11.1. The molecule has 1 heterocycles.